The first-order valence-electron chi connectivity index (χ1n) is 4.67. The summed E-state index contributed by atoms with van der Waals surface area (Å²) in [5, 5.41) is 10.4. The Morgan fingerprint density at radius 1 is 1.31 bits per heavy atom. The summed E-state index contributed by atoms with van der Waals surface area (Å²) in [6.07, 6.45) is -4.24. The van der Waals surface area contributed by atoms with Crippen molar-refractivity contribution in [2.75, 3.05) is 25.5 Å². The predicted octanol–water partition coefficient (Wildman–Crippen LogP) is 1.19. The normalized spacial score (nSPS) is 11.6. The van der Waals surface area contributed by atoms with Crippen molar-refractivity contribution in [1.29, 1.82) is 0 Å². The number of halogens is 3. The summed E-state index contributed by atoms with van der Waals surface area (Å²) in [5.41, 5.74) is 0.687. The van der Waals surface area contributed by atoms with Gasteiger partial charge in [0.05, 0.1) is 5.69 Å². The van der Waals surface area contributed by atoms with Crippen molar-refractivity contribution in [3.05, 3.63) is 17.8 Å². The molecule has 0 aliphatic heterocycles. The van der Waals surface area contributed by atoms with Crippen LogP contribution in [-0.2, 0) is 6.54 Å². The van der Waals surface area contributed by atoms with Crippen LogP contribution in [0.15, 0.2) is 12.1 Å². The van der Waals surface area contributed by atoms with Gasteiger partial charge in [-0.2, -0.15) is 18.3 Å². The van der Waals surface area contributed by atoms with Crippen LogP contribution in [0.4, 0.5) is 19.0 Å². The van der Waals surface area contributed by atoms with E-state index in [1.807, 2.05) is 0 Å². The van der Waals surface area contributed by atoms with E-state index in [0.717, 1.165) is 4.90 Å². The average Bonchev–Trinajstić information content (AvgIpc) is 2.16. The van der Waals surface area contributed by atoms with Crippen LogP contribution in [0.3, 0.4) is 0 Å². The number of nitrogens with one attached hydrogen (secondary N) is 1. The topological polar surface area (TPSA) is 41.0 Å². The minimum Gasteiger partial charge on any atom is -0.349 e. The van der Waals surface area contributed by atoms with Gasteiger partial charge in [-0.25, -0.2) is 0 Å². The first-order valence-corrected chi connectivity index (χ1v) is 4.67. The summed E-state index contributed by atoms with van der Waals surface area (Å²) in [4.78, 5) is 1.01. The second-order valence-corrected chi connectivity index (χ2v) is 3.38. The second kappa shape index (κ2) is 5.11. The molecule has 0 amide bonds. The van der Waals surface area contributed by atoms with Crippen molar-refractivity contribution in [2.45, 2.75) is 12.7 Å². The van der Waals surface area contributed by atoms with E-state index in [0.29, 0.717) is 12.2 Å². The van der Waals surface area contributed by atoms with Gasteiger partial charge in [0.2, 0.25) is 0 Å². The molecular formula is C9H13F3N4. The Kier molecular flexibility index (Phi) is 4.05. The highest BCUT2D eigenvalue weighted by Crippen LogP contribution is 2.18. The van der Waals surface area contributed by atoms with Crippen molar-refractivity contribution in [1.82, 2.24) is 15.5 Å². The van der Waals surface area contributed by atoms with E-state index in [2.05, 4.69) is 15.5 Å². The van der Waals surface area contributed by atoms with E-state index >= 15 is 0 Å². The highest BCUT2D eigenvalue weighted by atomic mass is 19.4. The molecule has 0 aromatic carbocycles. The largest absolute Gasteiger partial charge is 0.405 e. The zero-order valence-corrected chi connectivity index (χ0v) is 9.04. The van der Waals surface area contributed by atoms with Gasteiger partial charge in [-0.15, -0.1) is 5.10 Å². The van der Waals surface area contributed by atoms with Gasteiger partial charge >= 0.3 is 6.18 Å². The molecule has 0 spiro atoms. The lowest BCUT2D eigenvalue weighted by Crippen LogP contribution is -2.31. The summed E-state index contributed by atoms with van der Waals surface area (Å²) in [7, 11) is 3.08. The standard InChI is InChI=1S/C9H13F3N4/c1-13-5-7-3-4-8(15-14-7)16(2)6-9(10,11)12/h3-4,13H,5-6H2,1-2H3. The first kappa shape index (κ1) is 12.7. The van der Waals surface area contributed by atoms with Gasteiger partial charge in [0.15, 0.2) is 5.82 Å². The number of alkyl halides is 3. The fraction of sp³-hybridized carbons (Fsp3) is 0.556. The zero-order chi connectivity index (χ0) is 12.2. The number of hydrogen-bond donors (Lipinski definition) is 1. The van der Waals surface area contributed by atoms with Crippen LogP contribution in [0.5, 0.6) is 0 Å². The quantitative estimate of drug-likeness (QED) is 0.849. The maximum Gasteiger partial charge on any atom is 0.405 e. The van der Waals surface area contributed by atoms with Gasteiger partial charge in [-0.1, -0.05) is 0 Å². The molecule has 0 saturated heterocycles. The van der Waals surface area contributed by atoms with Crippen LogP contribution in [0.2, 0.25) is 0 Å². The van der Waals surface area contributed by atoms with Crippen LogP contribution in [-0.4, -0.2) is 37.0 Å². The summed E-state index contributed by atoms with van der Waals surface area (Å²) in [5.74, 6) is 0.206. The Hall–Kier alpha value is -1.37. The lowest BCUT2D eigenvalue weighted by molar-refractivity contribution is -0.119. The molecular weight excluding hydrogens is 221 g/mol. The molecule has 1 aromatic rings. The molecule has 16 heavy (non-hydrogen) atoms. The molecule has 0 radical (unpaired) electrons. The Balaban J connectivity index is 2.66. The second-order valence-electron chi connectivity index (χ2n) is 3.38. The molecule has 1 aromatic heterocycles. The smallest absolute Gasteiger partial charge is 0.349 e. The molecule has 0 aliphatic carbocycles. The number of anilines is 1. The summed E-state index contributed by atoms with van der Waals surface area (Å²) in [6.45, 7) is -0.497. The Labute approximate surface area is 91.5 Å². The SMILES string of the molecule is CNCc1ccc(N(C)CC(F)(F)F)nn1. The molecule has 0 saturated carbocycles. The monoisotopic (exact) mass is 234 g/mol. The van der Waals surface area contributed by atoms with Gasteiger partial charge in [-0.05, 0) is 19.2 Å². The highest BCUT2D eigenvalue weighted by Gasteiger charge is 2.29. The molecule has 7 heteroatoms. The van der Waals surface area contributed by atoms with Crippen LogP contribution >= 0.6 is 0 Å². The van der Waals surface area contributed by atoms with Crippen LogP contribution in [0.25, 0.3) is 0 Å². The molecule has 0 fully saturated rings. The molecule has 4 nitrogen and oxygen atoms in total. The van der Waals surface area contributed by atoms with Crippen molar-refractivity contribution >= 4 is 5.82 Å². The third kappa shape index (κ3) is 4.01. The van der Waals surface area contributed by atoms with Crippen molar-refractivity contribution in [3.63, 3.8) is 0 Å². The summed E-state index contributed by atoms with van der Waals surface area (Å²) >= 11 is 0. The van der Waals surface area contributed by atoms with E-state index in [-0.39, 0.29) is 5.82 Å². The van der Waals surface area contributed by atoms with E-state index in [1.54, 1.807) is 13.1 Å². The fourth-order valence-corrected chi connectivity index (χ4v) is 1.18. The lowest BCUT2D eigenvalue weighted by atomic mass is 10.3. The molecule has 1 N–H and O–H groups in total. The van der Waals surface area contributed by atoms with Crippen LogP contribution in [0.1, 0.15) is 5.69 Å². The van der Waals surface area contributed by atoms with E-state index in [4.69, 9.17) is 0 Å². The van der Waals surface area contributed by atoms with E-state index in [9.17, 15) is 13.2 Å². The van der Waals surface area contributed by atoms with Crippen molar-refractivity contribution < 1.29 is 13.2 Å². The Bertz CT molecular complexity index is 323. The van der Waals surface area contributed by atoms with Crippen LogP contribution < -0.4 is 10.2 Å². The Morgan fingerprint density at radius 2 is 2.00 bits per heavy atom. The zero-order valence-electron chi connectivity index (χ0n) is 9.04. The molecule has 0 aliphatic rings. The molecule has 0 bridgehead atoms. The van der Waals surface area contributed by atoms with Gasteiger partial charge < -0.3 is 10.2 Å². The van der Waals surface area contributed by atoms with Gasteiger partial charge in [0.25, 0.3) is 0 Å². The molecule has 1 heterocycles. The van der Waals surface area contributed by atoms with Crippen molar-refractivity contribution in [3.8, 4) is 0 Å². The summed E-state index contributed by atoms with van der Waals surface area (Å²) < 4.78 is 36.3. The number of aromatic nitrogens is 2. The third-order valence-corrected chi connectivity index (χ3v) is 1.87. The average molecular weight is 234 g/mol. The fourth-order valence-electron chi connectivity index (χ4n) is 1.18. The van der Waals surface area contributed by atoms with Gasteiger partial charge in [0.1, 0.15) is 6.54 Å². The van der Waals surface area contributed by atoms with Crippen LogP contribution in [0, 0.1) is 0 Å². The first-order chi connectivity index (χ1) is 7.42. The van der Waals surface area contributed by atoms with Gasteiger partial charge in [0, 0.05) is 13.6 Å². The number of rotatable bonds is 4. The summed E-state index contributed by atoms with van der Waals surface area (Å²) in [6, 6.07) is 3.16. The van der Waals surface area contributed by atoms with Crippen molar-refractivity contribution in [2.24, 2.45) is 0 Å². The van der Waals surface area contributed by atoms with Gasteiger partial charge in [-0.3, -0.25) is 0 Å². The third-order valence-electron chi connectivity index (χ3n) is 1.87. The van der Waals surface area contributed by atoms with E-state index < -0.39 is 12.7 Å². The highest BCUT2D eigenvalue weighted by molar-refractivity contribution is 5.36. The van der Waals surface area contributed by atoms with E-state index in [1.165, 1.54) is 13.1 Å². The molecule has 90 valence electrons. The predicted molar refractivity (Wildman–Crippen MR) is 54.1 cm³/mol. The Morgan fingerprint density at radius 3 is 2.44 bits per heavy atom. The lowest BCUT2D eigenvalue weighted by Gasteiger charge is -2.19. The maximum absolute atomic E-state index is 12.1. The number of hydrogen-bond acceptors (Lipinski definition) is 4. The minimum atomic E-state index is -4.24. The molecule has 1 rings (SSSR count). The molecule has 0 unspecified atom stereocenters. The maximum atomic E-state index is 12.1. The number of nitrogens with zero attached hydrogens (tertiary/aromatic N) is 3. The minimum absolute atomic E-state index is 0.206. The molecule has 0 atom stereocenters.